The maximum atomic E-state index is 12.9. The van der Waals surface area contributed by atoms with E-state index in [0.717, 1.165) is 35.8 Å². The Morgan fingerprint density at radius 3 is 2.43 bits per heavy atom. The molecule has 1 N–H and O–H groups in total. The van der Waals surface area contributed by atoms with Crippen LogP contribution in [0.4, 0.5) is 11.4 Å². The lowest BCUT2D eigenvalue weighted by Crippen LogP contribution is -2.32. The van der Waals surface area contributed by atoms with Gasteiger partial charge in [0.15, 0.2) is 0 Å². The van der Waals surface area contributed by atoms with Gasteiger partial charge in [0.05, 0.1) is 23.3 Å². The third kappa shape index (κ3) is 4.44. The van der Waals surface area contributed by atoms with Crippen molar-refractivity contribution >= 4 is 39.1 Å². The highest BCUT2D eigenvalue weighted by Crippen LogP contribution is 2.27. The topological polar surface area (TPSA) is 75.7 Å². The number of nitrogens with one attached hydrogen (secondary N) is 1. The van der Waals surface area contributed by atoms with Crippen molar-refractivity contribution in [2.75, 3.05) is 41.3 Å². The van der Waals surface area contributed by atoms with Gasteiger partial charge in [-0.2, -0.15) is 11.8 Å². The van der Waals surface area contributed by atoms with E-state index in [-0.39, 0.29) is 10.5 Å². The maximum Gasteiger partial charge on any atom is 0.337 e. The number of sulfonamides is 1. The van der Waals surface area contributed by atoms with E-state index in [2.05, 4.69) is 9.62 Å². The summed E-state index contributed by atoms with van der Waals surface area (Å²) in [6.07, 6.45) is 0. The molecule has 6 nitrogen and oxygen atoms in total. The van der Waals surface area contributed by atoms with Crippen LogP contribution in [0.5, 0.6) is 0 Å². The quantitative estimate of drug-likeness (QED) is 0.747. The van der Waals surface area contributed by atoms with E-state index in [1.54, 1.807) is 25.1 Å². The van der Waals surface area contributed by atoms with Crippen molar-refractivity contribution in [2.24, 2.45) is 0 Å². The van der Waals surface area contributed by atoms with Crippen molar-refractivity contribution in [3.8, 4) is 0 Å². The summed E-state index contributed by atoms with van der Waals surface area (Å²) in [5.41, 5.74) is 3.23. The molecule has 1 aliphatic rings. The van der Waals surface area contributed by atoms with Crippen LogP contribution in [0.25, 0.3) is 0 Å². The molecule has 8 heteroatoms. The number of anilines is 2. The zero-order chi connectivity index (χ0) is 20.3. The first-order valence-electron chi connectivity index (χ1n) is 8.97. The van der Waals surface area contributed by atoms with Crippen LogP contribution >= 0.6 is 11.8 Å². The second-order valence-corrected chi connectivity index (χ2v) is 9.55. The van der Waals surface area contributed by atoms with E-state index in [1.165, 1.54) is 13.2 Å². The number of nitrogens with zero attached hydrogens (tertiary/aromatic N) is 1. The molecule has 28 heavy (non-hydrogen) atoms. The zero-order valence-corrected chi connectivity index (χ0v) is 17.8. The van der Waals surface area contributed by atoms with Gasteiger partial charge in [-0.1, -0.05) is 6.07 Å². The predicted octanol–water partition coefficient (Wildman–Crippen LogP) is 3.44. The number of benzene rings is 2. The first-order chi connectivity index (χ1) is 13.3. The van der Waals surface area contributed by atoms with Crippen molar-refractivity contribution in [3.63, 3.8) is 0 Å². The molecule has 0 radical (unpaired) electrons. The summed E-state index contributed by atoms with van der Waals surface area (Å²) in [6, 6.07) is 10.2. The number of hydrogen-bond acceptors (Lipinski definition) is 6. The van der Waals surface area contributed by atoms with Crippen LogP contribution in [-0.2, 0) is 14.8 Å². The SMILES string of the molecule is COC(=O)c1ccc(C)c(S(=O)(=O)Nc2ccc(N3CCSCC3)cc2C)c1. The van der Waals surface area contributed by atoms with Gasteiger partial charge in [0.1, 0.15) is 0 Å². The average molecular weight is 421 g/mol. The van der Waals surface area contributed by atoms with E-state index >= 15 is 0 Å². The van der Waals surface area contributed by atoms with Crippen LogP contribution in [0.1, 0.15) is 21.5 Å². The summed E-state index contributed by atoms with van der Waals surface area (Å²) in [7, 11) is -2.58. The number of carbonyl (C=O) groups is 1. The number of hydrogen-bond donors (Lipinski definition) is 1. The standard InChI is InChI=1S/C20H24N2O4S2/c1-14-4-5-16(20(23)26-3)13-19(14)28(24,25)21-18-7-6-17(12-15(18)2)22-8-10-27-11-9-22/h4-7,12-13,21H,8-11H2,1-3H3. The molecule has 0 amide bonds. The average Bonchev–Trinajstić information content (AvgIpc) is 2.69. The Kier molecular flexibility index (Phi) is 6.20. The van der Waals surface area contributed by atoms with E-state index in [4.69, 9.17) is 4.74 Å². The molecule has 0 bridgehead atoms. The molecule has 2 aromatic carbocycles. The number of aryl methyl sites for hydroxylation is 2. The first kappa shape index (κ1) is 20.5. The molecule has 0 unspecified atom stereocenters. The van der Waals surface area contributed by atoms with Gasteiger partial charge in [0.25, 0.3) is 10.0 Å². The molecule has 150 valence electrons. The van der Waals surface area contributed by atoms with Gasteiger partial charge in [-0.3, -0.25) is 4.72 Å². The van der Waals surface area contributed by atoms with Crippen LogP contribution < -0.4 is 9.62 Å². The molecule has 1 fully saturated rings. The van der Waals surface area contributed by atoms with Crippen molar-refractivity contribution in [1.82, 2.24) is 0 Å². The lowest BCUT2D eigenvalue weighted by Gasteiger charge is -2.29. The van der Waals surface area contributed by atoms with Crippen LogP contribution in [0.2, 0.25) is 0 Å². The van der Waals surface area contributed by atoms with E-state index in [9.17, 15) is 13.2 Å². The number of thioether (sulfide) groups is 1. The summed E-state index contributed by atoms with van der Waals surface area (Å²) < 4.78 is 33.2. The highest BCUT2D eigenvalue weighted by atomic mass is 32.2. The summed E-state index contributed by atoms with van der Waals surface area (Å²) in [6.45, 7) is 5.57. The molecule has 0 atom stereocenters. The highest BCUT2D eigenvalue weighted by molar-refractivity contribution is 7.99. The Morgan fingerprint density at radius 2 is 1.79 bits per heavy atom. The number of rotatable bonds is 5. The summed E-state index contributed by atoms with van der Waals surface area (Å²) in [5, 5.41) is 0. The lowest BCUT2D eigenvalue weighted by molar-refractivity contribution is 0.0600. The minimum absolute atomic E-state index is 0.0620. The molecule has 1 heterocycles. The Morgan fingerprint density at radius 1 is 1.07 bits per heavy atom. The third-order valence-electron chi connectivity index (χ3n) is 4.73. The number of methoxy groups -OCH3 is 1. The van der Waals surface area contributed by atoms with Gasteiger partial charge in [0, 0.05) is 30.3 Å². The van der Waals surface area contributed by atoms with Crippen LogP contribution in [0, 0.1) is 13.8 Å². The molecular weight excluding hydrogens is 396 g/mol. The second kappa shape index (κ2) is 8.45. The second-order valence-electron chi connectivity index (χ2n) is 6.68. The molecular formula is C20H24N2O4S2. The van der Waals surface area contributed by atoms with Gasteiger partial charge in [0.2, 0.25) is 0 Å². The fourth-order valence-corrected chi connectivity index (χ4v) is 5.42. The molecule has 0 aromatic heterocycles. The Bertz CT molecular complexity index is 984. The summed E-state index contributed by atoms with van der Waals surface area (Å²) in [5.74, 6) is 1.63. The normalized spacial score (nSPS) is 14.6. The Balaban J connectivity index is 1.87. The molecule has 0 aliphatic carbocycles. The van der Waals surface area contributed by atoms with Gasteiger partial charge in [-0.05, 0) is 55.3 Å². The largest absolute Gasteiger partial charge is 0.465 e. The predicted molar refractivity (Wildman–Crippen MR) is 114 cm³/mol. The van der Waals surface area contributed by atoms with Crippen molar-refractivity contribution in [1.29, 1.82) is 0 Å². The van der Waals surface area contributed by atoms with E-state index < -0.39 is 16.0 Å². The van der Waals surface area contributed by atoms with Crippen LogP contribution in [0.15, 0.2) is 41.3 Å². The monoisotopic (exact) mass is 420 g/mol. The number of carbonyl (C=O) groups excluding carboxylic acids is 1. The Hall–Kier alpha value is -2.19. The molecule has 1 saturated heterocycles. The van der Waals surface area contributed by atoms with Gasteiger partial charge in [-0.15, -0.1) is 0 Å². The van der Waals surface area contributed by atoms with Crippen molar-refractivity contribution in [2.45, 2.75) is 18.7 Å². The van der Waals surface area contributed by atoms with E-state index in [0.29, 0.717) is 11.3 Å². The fraction of sp³-hybridized carbons (Fsp3) is 0.350. The molecule has 2 aromatic rings. The van der Waals surface area contributed by atoms with Crippen molar-refractivity contribution < 1.29 is 17.9 Å². The molecule has 3 rings (SSSR count). The lowest BCUT2D eigenvalue weighted by atomic mass is 10.1. The van der Waals surface area contributed by atoms with E-state index in [1.807, 2.05) is 30.8 Å². The van der Waals surface area contributed by atoms with Crippen molar-refractivity contribution in [3.05, 3.63) is 53.1 Å². The molecule has 0 saturated carbocycles. The first-order valence-corrected chi connectivity index (χ1v) is 11.6. The maximum absolute atomic E-state index is 12.9. The minimum Gasteiger partial charge on any atom is -0.465 e. The van der Waals surface area contributed by atoms with Crippen LogP contribution in [0.3, 0.4) is 0 Å². The third-order valence-corrected chi connectivity index (χ3v) is 7.18. The Labute approximate surface area is 170 Å². The minimum atomic E-state index is -3.84. The van der Waals surface area contributed by atoms with Gasteiger partial charge >= 0.3 is 5.97 Å². The molecule has 1 aliphatic heterocycles. The number of ether oxygens (including phenoxy) is 1. The fourth-order valence-electron chi connectivity index (χ4n) is 3.11. The zero-order valence-electron chi connectivity index (χ0n) is 16.2. The smallest absolute Gasteiger partial charge is 0.337 e. The van der Waals surface area contributed by atoms with Gasteiger partial charge in [-0.25, -0.2) is 13.2 Å². The van der Waals surface area contributed by atoms with Crippen LogP contribution in [-0.4, -0.2) is 46.1 Å². The molecule has 0 spiro atoms. The van der Waals surface area contributed by atoms with Gasteiger partial charge < -0.3 is 9.64 Å². The number of esters is 1. The summed E-state index contributed by atoms with van der Waals surface area (Å²) >= 11 is 1.95. The highest BCUT2D eigenvalue weighted by Gasteiger charge is 2.21. The summed E-state index contributed by atoms with van der Waals surface area (Å²) in [4.78, 5) is 14.1.